The maximum absolute atomic E-state index is 5.61. The summed E-state index contributed by atoms with van der Waals surface area (Å²) in [4.78, 5) is 4.18. The maximum Gasteiger partial charge on any atom is 0.191 e. The van der Waals surface area contributed by atoms with Crippen molar-refractivity contribution in [3.63, 3.8) is 0 Å². The molecule has 2 aromatic rings. The average Bonchev–Trinajstić information content (AvgIpc) is 3.04. The molecule has 112 valence electrons. The molecule has 5 heteroatoms. The van der Waals surface area contributed by atoms with E-state index in [1.807, 2.05) is 54.9 Å². The molecule has 1 heterocycles. The summed E-state index contributed by atoms with van der Waals surface area (Å²) in [6, 6.07) is 13.8. The molecule has 0 saturated carbocycles. The molecule has 0 radical (unpaired) electrons. The number of rotatable bonds is 7. The van der Waals surface area contributed by atoms with Crippen molar-refractivity contribution in [1.82, 2.24) is 15.2 Å². The number of para-hydroxylation sites is 1. The monoisotopic (exact) mass is 286 g/mol. The van der Waals surface area contributed by atoms with Crippen molar-refractivity contribution < 1.29 is 4.74 Å². The standard InChI is InChI=1S/C16H22N4O/c1-17-16(18-9-13-20-11-5-6-12-20)19-10-14-21-15-7-3-2-4-8-15/h2-8,11-12H,9-10,13-14H2,1H3,(H2,17,18,19). The summed E-state index contributed by atoms with van der Waals surface area (Å²) in [6.07, 6.45) is 4.09. The quantitative estimate of drug-likeness (QED) is 0.463. The van der Waals surface area contributed by atoms with E-state index < -0.39 is 0 Å². The van der Waals surface area contributed by atoms with Crippen LogP contribution in [0.15, 0.2) is 59.9 Å². The number of aliphatic imine (C=N–C) groups is 1. The van der Waals surface area contributed by atoms with Gasteiger partial charge >= 0.3 is 0 Å². The lowest BCUT2D eigenvalue weighted by Crippen LogP contribution is -2.40. The summed E-state index contributed by atoms with van der Waals surface area (Å²) < 4.78 is 7.74. The number of aromatic nitrogens is 1. The van der Waals surface area contributed by atoms with E-state index >= 15 is 0 Å². The van der Waals surface area contributed by atoms with Crippen molar-refractivity contribution in [1.29, 1.82) is 0 Å². The minimum absolute atomic E-state index is 0.600. The van der Waals surface area contributed by atoms with Gasteiger partial charge in [0, 0.05) is 32.5 Å². The zero-order valence-electron chi connectivity index (χ0n) is 12.3. The molecule has 21 heavy (non-hydrogen) atoms. The number of hydrogen-bond donors (Lipinski definition) is 2. The summed E-state index contributed by atoms with van der Waals surface area (Å²) in [5.41, 5.74) is 0. The summed E-state index contributed by atoms with van der Waals surface area (Å²) >= 11 is 0. The van der Waals surface area contributed by atoms with Gasteiger partial charge < -0.3 is 19.9 Å². The second-order valence-corrected chi connectivity index (χ2v) is 4.51. The Morgan fingerprint density at radius 3 is 2.48 bits per heavy atom. The van der Waals surface area contributed by atoms with Gasteiger partial charge in [0.2, 0.25) is 0 Å². The minimum atomic E-state index is 0.600. The molecule has 1 aromatic heterocycles. The molecule has 0 bridgehead atoms. The van der Waals surface area contributed by atoms with Crippen LogP contribution in [0.4, 0.5) is 0 Å². The van der Waals surface area contributed by atoms with Crippen LogP contribution < -0.4 is 15.4 Å². The molecule has 2 rings (SSSR count). The molecule has 0 amide bonds. The summed E-state index contributed by atoms with van der Waals surface area (Å²) in [6.45, 7) is 3.04. The van der Waals surface area contributed by atoms with E-state index in [0.29, 0.717) is 13.2 Å². The first-order valence-electron chi connectivity index (χ1n) is 7.11. The third-order valence-corrected chi connectivity index (χ3v) is 2.96. The fourth-order valence-electron chi connectivity index (χ4n) is 1.90. The first-order valence-corrected chi connectivity index (χ1v) is 7.11. The molecule has 0 aliphatic rings. The van der Waals surface area contributed by atoms with Crippen molar-refractivity contribution in [2.24, 2.45) is 4.99 Å². The van der Waals surface area contributed by atoms with E-state index in [4.69, 9.17) is 4.74 Å². The first-order chi connectivity index (χ1) is 10.4. The van der Waals surface area contributed by atoms with Gasteiger partial charge in [0.05, 0.1) is 6.54 Å². The lowest BCUT2D eigenvalue weighted by atomic mass is 10.3. The molecule has 0 saturated heterocycles. The molecule has 0 aliphatic heterocycles. The van der Waals surface area contributed by atoms with E-state index in [1.165, 1.54) is 0 Å². The topological polar surface area (TPSA) is 50.6 Å². The SMILES string of the molecule is CN=C(NCCOc1ccccc1)NCCn1cccc1. The van der Waals surface area contributed by atoms with Crippen molar-refractivity contribution >= 4 is 5.96 Å². The summed E-state index contributed by atoms with van der Waals surface area (Å²) in [5.74, 6) is 1.67. The molecule has 2 N–H and O–H groups in total. The van der Waals surface area contributed by atoms with E-state index in [9.17, 15) is 0 Å². The van der Waals surface area contributed by atoms with E-state index in [0.717, 1.165) is 24.8 Å². The van der Waals surface area contributed by atoms with Crippen molar-refractivity contribution in [2.45, 2.75) is 6.54 Å². The third kappa shape index (κ3) is 5.60. The second-order valence-electron chi connectivity index (χ2n) is 4.51. The maximum atomic E-state index is 5.61. The van der Waals surface area contributed by atoms with Crippen molar-refractivity contribution in [2.75, 3.05) is 26.7 Å². The van der Waals surface area contributed by atoms with Crippen LogP contribution in [-0.2, 0) is 6.54 Å². The highest BCUT2D eigenvalue weighted by atomic mass is 16.5. The van der Waals surface area contributed by atoms with Gasteiger partial charge in [-0.3, -0.25) is 4.99 Å². The first kappa shape index (κ1) is 15.0. The molecule has 0 fully saturated rings. The minimum Gasteiger partial charge on any atom is -0.492 e. The van der Waals surface area contributed by atoms with Crippen LogP contribution in [0.2, 0.25) is 0 Å². The number of guanidine groups is 1. The Balaban J connectivity index is 1.59. The Morgan fingerprint density at radius 1 is 1.05 bits per heavy atom. The lowest BCUT2D eigenvalue weighted by molar-refractivity contribution is 0.322. The Morgan fingerprint density at radius 2 is 1.76 bits per heavy atom. The molecule has 1 aromatic carbocycles. The van der Waals surface area contributed by atoms with Crippen LogP contribution in [0.5, 0.6) is 5.75 Å². The highest BCUT2D eigenvalue weighted by molar-refractivity contribution is 5.79. The molecule has 0 atom stereocenters. The van der Waals surface area contributed by atoms with Gasteiger partial charge in [-0.25, -0.2) is 0 Å². The largest absolute Gasteiger partial charge is 0.492 e. The molecule has 5 nitrogen and oxygen atoms in total. The van der Waals surface area contributed by atoms with Crippen LogP contribution in [0.1, 0.15) is 0 Å². The van der Waals surface area contributed by atoms with Gasteiger partial charge in [-0.05, 0) is 24.3 Å². The fourth-order valence-corrected chi connectivity index (χ4v) is 1.90. The molecular weight excluding hydrogens is 264 g/mol. The van der Waals surface area contributed by atoms with E-state index in [2.05, 4.69) is 20.2 Å². The predicted molar refractivity (Wildman–Crippen MR) is 85.7 cm³/mol. The van der Waals surface area contributed by atoms with Crippen LogP contribution in [0.3, 0.4) is 0 Å². The van der Waals surface area contributed by atoms with Gasteiger partial charge in [0.25, 0.3) is 0 Å². The van der Waals surface area contributed by atoms with E-state index in [1.54, 1.807) is 7.05 Å². The molecule has 0 spiro atoms. The number of nitrogens with zero attached hydrogens (tertiary/aromatic N) is 2. The average molecular weight is 286 g/mol. The van der Waals surface area contributed by atoms with Crippen molar-refractivity contribution in [3.05, 3.63) is 54.9 Å². The molecule has 0 unspecified atom stereocenters. The smallest absolute Gasteiger partial charge is 0.191 e. The Kier molecular flexibility index (Phi) is 6.19. The predicted octanol–water partition coefficient (Wildman–Crippen LogP) is 1.73. The van der Waals surface area contributed by atoms with Crippen LogP contribution >= 0.6 is 0 Å². The third-order valence-electron chi connectivity index (χ3n) is 2.96. The van der Waals surface area contributed by atoms with E-state index in [-0.39, 0.29) is 0 Å². The van der Waals surface area contributed by atoms with Gasteiger partial charge in [-0.1, -0.05) is 18.2 Å². The Bertz CT molecular complexity index is 522. The number of ether oxygens (including phenoxy) is 1. The zero-order valence-corrected chi connectivity index (χ0v) is 12.3. The lowest BCUT2D eigenvalue weighted by Gasteiger charge is -2.12. The highest BCUT2D eigenvalue weighted by Gasteiger charge is 1.97. The van der Waals surface area contributed by atoms with Crippen LogP contribution in [0.25, 0.3) is 0 Å². The number of benzene rings is 1. The van der Waals surface area contributed by atoms with Gasteiger partial charge in [0.15, 0.2) is 5.96 Å². The fraction of sp³-hybridized carbons (Fsp3) is 0.312. The van der Waals surface area contributed by atoms with Gasteiger partial charge in [-0.2, -0.15) is 0 Å². The number of nitrogens with one attached hydrogen (secondary N) is 2. The molecule has 0 aliphatic carbocycles. The second kappa shape index (κ2) is 8.68. The number of hydrogen-bond acceptors (Lipinski definition) is 2. The Labute approximate surface area is 125 Å². The zero-order chi connectivity index (χ0) is 14.8. The summed E-state index contributed by atoms with van der Waals surface area (Å²) in [5, 5.41) is 6.49. The summed E-state index contributed by atoms with van der Waals surface area (Å²) in [7, 11) is 1.77. The van der Waals surface area contributed by atoms with Crippen LogP contribution in [-0.4, -0.2) is 37.3 Å². The van der Waals surface area contributed by atoms with Crippen molar-refractivity contribution in [3.8, 4) is 5.75 Å². The molecular formula is C16H22N4O. The van der Waals surface area contributed by atoms with Gasteiger partial charge in [-0.15, -0.1) is 0 Å². The normalized spacial score (nSPS) is 11.2. The Hall–Kier alpha value is -2.43. The van der Waals surface area contributed by atoms with Gasteiger partial charge in [0.1, 0.15) is 12.4 Å². The van der Waals surface area contributed by atoms with Crippen LogP contribution in [0, 0.1) is 0 Å². The highest BCUT2D eigenvalue weighted by Crippen LogP contribution is 2.07.